The van der Waals surface area contributed by atoms with E-state index in [1.54, 1.807) is 23.1 Å². The minimum absolute atomic E-state index is 0.00151. The molecular formula is C23H28N2O3. The Hall–Kier alpha value is -2.82. The van der Waals surface area contributed by atoms with Gasteiger partial charge in [0.25, 0.3) is 11.8 Å². The third-order valence-corrected chi connectivity index (χ3v) is 5.26. The summed E-state index contributed by atoms with van der Waals surface area (Å²) in [6.07, 6.45) is 1.40. The highest BCUT2D eigenvalue weighted by molar-refractivity contribution is 5.97. The van der Waals surface area contributed by atoms with Crippen LogP contribution >= 0.6 is 0 Å². The number of aromatic hydroxyl groups is 1. The number of nitrogens with zero attached hydrogens (tertiary/aromatic N) is 1. The number of hydrogen-bond acceptors (Lipinski definition) is 3. The lowest BCUT2D eigenvalue weighted by atomic mass is 9.86. The minimum atomic E-state index is -0.166. The van der Waals surface area contributed by atoms with Crippen molar-refractivity contribution in [2.24, 2.45) is 0 Å². The van der Waals surface area contributed by atoms with E-state index in [0.29, 0.717) is 37.1 Å². The molecule has 0 aromatic heterocycles. The molecular weight excluding hydrogens is 352 g/mol. The maximum absolute atomic E-state index is 12.6. The predicted octanol–water partition coefficient (Wildman–Crippen LogP) is 3.72. The summed E-state index contributed by atoms with van der Waals surface area (Å²) in [6.45, 7) is 7.55. The summed E-state index contributed by atoms with van der Waals surface area (Å²) < 4.78 is 0. The number of amides is 2. The Bertz CT molecular complexity index is 845. The van der Waals surface area contributed by atoms with Crippen LogP contribution in [0.5, 0.6) is 5.75 Å². The monoisotopic (exact) mass is 380 g/mol. The van der Waals surface area contributed by atoms with E-state index in [-0.39, 0.29) is 29.0 Å². The van der Waals surface area contributed by atoms with Crippen LogP contribution in [0.15, 0.2) is 48.5 Å². The normalized spacial score (nSPS) is 15.3. The number of para-hydroxylation sites is 1. The van der Waals surface area contributed by atoms with Crippen molar-refractivity contribution < 1.29 is 14.7 Å². The molecule has 1 saturated heterocycles. The standard InChI is InChI=1S/C23H28N2O3/c1-23(2,3)17-10-8-16(9-11-17)21(27)24-18-12-14-25(15-13-18)22(28)19-6-4-5-7-20(19)26/h4-11,18,26H,12-15H2,1-3H3,(H,24,27). The van der Waals surface area contributed by atoms with E-state index in [1.165, 1.54) is 11.6 Å². The fourth-order valence-corrected chi connectivity index (χ4v) is 3.44. The summed E-state index contributed by atoms with van der Waals surface area (Å²) in [5, 5.41) is 13.0. The fraction of sp³-hybridized carbons (Fsp3) is 0.391. The number of phenols is 1. The smallest absolute Gasteiger partial charge is 0.257 e. The average Bonchev–Trinajstić information content (AvgIpc) is 2.68. The molecule has 28 heavy (non-hydrogen) atoms. The maximum atomic E-state index is 12.6. The van der Waals surface area contributed by atoms with Crippen LogP contribution in [0.1, 0.15) is 59.9 Å². The SMILES string of the molecule is CC(C)(C)c1ccc(C(=O)NC2CCN(C(=O)c3ccccc3O)CC2)cc1. The first-order valence-electron chi connectivity index (χ1n) is 9.74. The first kappa shape index (κ1) is 19.9. The van der Waals surface area contributed by atoms with Crippen molar-refractivity contribution in [2.45, 2.75) is 45.1 Å². The highest BCUT2D eigenvalue weighted by Crippen LogP contribution is 2.23. The van der Waals surface area contributed by atoms with Crippen molar-refractivity contribution >= 4 is 11.8 Å². The lowest BCUT2D eigenvalue weighted by molar-refractivity contribution is 0.0695. The number of carbonyl (C=O) groups is 2. The second-order valence-electron chi connectivity index (χ2n) is 8.38. The first-order valence-corrected chi connectivity index (χ1v) is 9.74. The molecule has 148 valence electrons. The van der Waals surface area contributed by atoms with Crippen LogP contribution in [0.4, 0.5) is 0 Å². The highest BCUT2D eigenvalue weighted by atomic mass is 16.3. The van der Waals surface area contributed by atoms with Gasteiger partial charge in [0.05, 0.1) is 5.56 Å². The van der Waals surface area contributed by atoms with Crippen molar-refractivity contribution in [3.05, 3.63) is 65.2 Å². The number of rotatable bonds is 3. The molecule has 3 rings (SSSR count). The quantitative estimate of drug-likeness (QED) is 0.853. The molecule has 0 bridgehead atoms. The zero-order valence-corrected chi connectivity index (χ0v) is 16.7. The van der Waals surface area contributed by atoms with Gasteiger partial charge in [-0.1, -0.05) is 45.0 Å². The molecule has 1 fully saturated rings. The van der Waals surface area contributed by atoms with Crippen molar-refractivity contribution in [1.29, 1.82) is 0 Å². The second-order valence-corrected chi connectivity index (χ2v) is 8.38. The summed E-state index contributed by atoms with van der Waals surface area (Å²) in [5.41, 5.74) is 2.23. The van der Waals surface area contributed by atoms with Crippen LogP contribution in [-0.4, -0.2) is 41.0 Å². The zero-order chi connectivity index (χ0) is 20.3. The van der Waals surface area contributed by atoms with Gasteiger partial charge in [0.1, 0.15) is 5.75 Å². The topological polar surface area (TPSA) is 69.6 Å². The minimum Gasteiger partial charge on any atom is -0.507 e. The summed E-state index contributed by atoms with van der Waals surface area (Å²) in [5.74, 6) is -0.242. The molecule has 2 N–H and O–H groups in total. The largest absolute Gasteiger partial charge is 0.507 e. The Morgan fingerprint density at radius 2 is 1.61 bits per heavy atom. The summed E-state index contributed by atoms with van der Waals surface area (Å²) in [6, 6.07) is 14.4. The van der Waals surface area contributed by atoms with Gasteiger partial charge in [0.2, 0.25) is 0 Å². The van der Waals surface area contributed by atoms with E-state index in [1.807, 2.05) is 24.3 Å². The zero-order valence-electron chi connectivity index (χ0n) is 16.7. The Kier molecular flexibility index (Phi) is 5.73. The lowest BCUT2D eigenvalue weighted by Crippen LogP contribution is -2.46. The van der Waals surface area contributed by atoms with E-state index in [9.17, 15) is 14.7 Å². The molecule has 0 unspecified atom stereocenters. The molecule has 1 aliphatic heterocycles. The Labute approximate surface area is 166 Å². The third kappa shape index (κ3) is 4.53. The van der Waals surface area contributed by atoms with E-state index in [2.05, 4.69) is 26.1 Å². The van der Waals surface area contributed by atoms with Gasteiger partial charge >= 0.3 is 0 Å². The number of nitrogens with one attached hydrogen (secondary N) is 1. The Balaban J connectivity index is 1.55. The van der Waals surface area contributed by atoms with Gasteiger partial charge in [-0.25, -0.2) is 0 Å². The van der Waals surface area contributed by atoms with Gasteiger partial charge in [-0.2, -0.15) is 0 Å². The molecule has 0 radical (unpaired) electrons. The van der Waals surface area contributed by atoms with E-state index in [0.717, 1.165) is 0 Å². The number of hydrogen-bond donors (Lipinski definition) is 2. The number of likely N-dealkylation sites (tertiary alicyclic amines) is 1. The van der Waals surface area contributed by atoms with Gasteiger partial charge in [-0.3, -0.25) is 9.59 Å². The molecule has 5 nitrogen and oxygen atoms in total. The summed E-state index contributed by atoms with van der Waals surface area (Å²) in [7, 11) is 0. The van der Waals surface area contributed by atoms with E-state index in [4.69, 9.17) is 0 Å². The first-order chi connectivity index (χ1) is 13.3. The number of carbonyl (C=O) groups excluding carboxylic acids is 2. The number of phenolic OH excluding ortho intramolecular Hbond substituents is 1. The second kappa shape index (κ2) is 8.05. The van der Waals surface area contributed by atoms with Gasteiger partial charge < -0.3 is 15.3 Å². The van der Waals surface area contributed by atoms with Crippen LogP contribution in [0.25, 0.3) is 0 Å². The van der Waals surface area contributed by atoms with Gasteiger partial charge in [-0.15, -0.1) is 0 Å². The van der Waals surface area contributed by atoms with Crippen LogP contribution in [-0.2, 0) is 5.41 Å². The van der Waals surface area contributed by atoms with Crippen LogP contribution < -0.4 is 5.32 Å². The molecule has 2 amide bonds. The fourth-order valence-electron chi connectivity index (χ4n) is 3.44. The van der Waals surface area contributed by atoms with Crippen molar-refractivity contribution in [3.8, 4) is 5.75 Å². The average molecular weight is 380 g/mol. The van der Waals surface area contributed by atoms with Crippen molar-refractivity contribution in [1.82, 2.24) is 10.2 Å². The molecule has 2 aromatic carbocycles. The Morgan fingerprint density at radius 1 is 1.00 bits per heavy atom. The highest BCUT2D eigenvalue weighted by Gasteiger charge is 2.26. The van der Waals surface area contributed by atoms with E-state index < -0.39 is 0 Å². The number of piperidine rings is 1. The molecule has 0 spiro atoms. The molecule has 1 aliphatic rings. The molecule has 0 saturated carbocycles. The van der Waals surface area contributed by atoms with Crippen LogP contribution in [0.3, 0.4) is 0 Å². The Morgan fingerprint density at radius 3 is 2.18 bits per heavy atom. The van der Waals surface area contributed by atoms with Gasteiger partial charge in [0, 0.05) is 24.7 Å². The van der Waals surface area contributed by atoms with Gasteiger partial charge in [-0.05, 0) is 48.1 Å². The predicted molar refractivity (Wildman–Crippen MR) is 110 cm³/mol. The molecule has 1 heterocycles. The summed E-state index contributed by atoms with van der Waals surface area (Å²) >= 11 is 0. The molecule has 0 atom stereocenters. The van der Waals surface area contributed by atoms with Crippen molar-refractivity contribution in [3.63, 3.8) is 0 Å². The molecule has 2 aromatic rings. The lowest BCUT2D eigenvalue weighted by Gasteiger charge is -2.32. The number of benzene rings is 2. The maximum Gasteiger partial charge on any atom is 0.257 e. The third-order valence-electron chi connectivity index (χ3n) is 5.26. The molecule has 5 heteroatoms. The van der Waals surface area contributed by atoms with Gasteiger partial charge in [0.15, 0.2) is 0 Å². The van der Waals surface area contributed by atoms with Crippen molar-refractivity contribution in [2.75, 3.05) is 13.1 Å². The molecule has 0 aliphatic carbocycles. The van der Waals surface area contributed by atoms with Crippen LogP contribution in [0, 0.1) is 0 Å². The van der Waals surface area contributed by atoms with E-state index >= 15 is 0 Å². The van der Waals surface area contributed by atoms with Crippen LogP contribution in [0.2, 0.25) is 0 Å². The summed E-state index contributed by atoms with van der Waals surface area (Å²) in [4.78, 5) is 26.8.